The summed E-state index contributed by atoms with van der Waals surface area (Å²) in [6.07, 6.45) is -1.69. The minimum Gasteiger partial charge on any atom is -0.490 e. The van der Waals surface area contributed by atoms with Crippen LogP contribution in [0.1, 0.15) is 30.9 Å². The lowest BCUT2D eigenvalue weighted by Crippen LogP contribution is -2.15. The molecule has 1 saturated carbocycles. The minimum atomic E-state index is -4.47. The van der Waals surface area contributed by atoms with Crippen molar-refractivity contribution >= 4 is 23.4 Å². The van der Waals surface area contributed by atoms with E-state index < -0.39 is 17.6 Å². The number of aromatic nitrogens is 3. The number of benzene rings is 2. The van der Waals surface area contributed by atoms with E-state index in [9.17, 15) is 18.0 Å². The van der Waals surface area contributed by atoms with Crippen LogP contribution < -0.4 is 14.8 Å². The third kappa shape index (κ3) is 4.98. The SMILES string of the molecule is O=C(CSc1nnc(-c2ccc3c(c2)OCCCO3)n1C1CC1)Nc1cccc(C(F)(F)F)c1. The molecule has 1 aliphatic heterocycles. The molecule has 0 atom stereocenters. The van der Waals surface area contributed by atoms with Crippen LogP contribution in [0, 0.1) is 0 Å². The molecule has 1 aromatic heterocycles. The molecule has 2 aliphatic rings. The molecular formula is C23H21F3N4O3S. The van der Waals surface area contributed by atoms with E-state index in [1.54, 1.807) is 0 Å². The number of amides is 1. The van der Waals surface area contributed by atoms with Crippen molar-refractivity contribution in [2.24, 2.45) is 0 Å². The lowest BCUT2D eigenvalue weighted by Gasteiger charge is -2.12. The van der Waals surface area contributed by atoms with Crippen molar-refractivity contribution in [1.29, 1.82) is 0 Å². The average Bonchev–Trinajstić information content (AvgIpc) is 3.60. The fraction of sp³-hybridized carbons (Fsp3) is 0.348. The fourth-order valence-electron chi connectivity index (χ4n) is 3.64. The Morgan fingerprint density at radius 1 is 1.09 bits per heavy atom. The maximum Gasteiger partial charge on any atom is 0.416 e. The van der Waals surface area contributed by atoms with Crippen LogP contribution in [0.15, 0.2) is 47.6 Å². The zero-order valence-electron chi connectivity index (χ0n) is 18.0. The van der Waals surface area contributed by atoms with Crippen molar-refractivity contribution in [3.63, 3.8) is 0 Å². The van der Waals surface area contributed by atoms with Crippen LogP contribution in [-0.4, -0.2) is 39.6 Å². The van der Waals surface area contributed by atoms with Crippen LogP contribution in [-0.2, 0) is 11.0 Å². The Kier molecular flexibility index (Phi) is 6.11. The summed E-state index contributed by atoms with van der Waals surface area (Å²) in [4.78, 5) is 12.4. The highest BCUT2D eigenvalue weighted by Gasteiger charge is 2.32. The van der Waals surface area contributed by atoms with Crippen LogP contribution in [0.25, 0.3) is 11.4 Å². The van der Waals surface area contributed by atoms with Crippen molar-refractivity contribution in [2.75, 3.05) is 24.3 Å². The molecule has 1 N–H and O–H groups in total. The van der Waals surface area contributed by atoms with Gasteiger partial charge in [0, 0.05) is 23.7 Å². The third-order valence-electron chi connectivity index (χ3n) is 5.39. The molecule has 2 heterocycles. The van der Waals surface area contributed by atoms with Gasteiger partial charge in [0.2, 0.25) is 5.91 Å². The number of nitrogens with one attached hydrogen (secondary N) is 1. The molecule has 11 heteroatoms. The molecule has 178 valence electrons. The van der Waals surface area contributed by atoms with Gasteiger partial charge in [-0.15, -0.1) is 10.2 Å². The molecular weight excluding hydrogens is 469 g/mol. The summed E-state index contributed by atoms with van der Waals surface area (Å²) in [5, 5.41) is 11.8. The second kappa shape index (κ2) is 9.21. The van der Waals surface area contributed by atoms with Crippen molar-refractivity contribution in [1.82, 2.24) is 14.8 Å². The molecule has 5 rings (SSSR count). The molecule has 0 unspecified atom stereocenters. The number of thioether (sulfide) groups is 1. The number of rotatable bonds is 6. The number of hydrogen-bond donors (Lipinski definition) is 1. The molecule has 2 aromatic carbocycles. The normalized spacial score (nSPS) is 15.6. The van der Waals surface area contributed by atoms with Gasteiger partial charge < -0.3 is 14.8 Å². The van der Waals surface area contributed by atoms with Gasteiger partial charge in [0.1, 0.15) is 0 Å². The number of alkyl halides is 3. The van der Waals surface area contributed by atoms with E-state index in [4.69, 9.17) is 9.47 Å². The van der Waals surface area contributed by atoms with Gasteiger partial charge in [0.15, 0.2) is 22.5 Å². The zero-order chi connectivity index (χ0) is 23.7. The molecule has 0 bridgehead atoms. The molecule has 0 radical (unpaired) electrons. The van der Waals surface area contributed by atoms with Gasteiger partial charge in [-0.3, -0.25) is 9.36 Å². The summed E-state index contributed by atoms with van der Waals surface area (Å²) in [5.41, 5.74) is 0.118. The highest BCUT2D eigenvalue weighted by Crippen LogP contribution is 2.42. The second-order valence-electron chi connectivity index (χ2n) is 8.03. The Balaban J connectivity index is 1.30. The number of fused-ring (bicyclic) bond motifs is 1. The van der Waals surface area contributed by atoms with Gasteiger partial charge in [-0.05, 0) is 49.2 Å². The topological polar surface area (TPSA) is 78.3 Å². The first-order valence-electron chi connectivity index (χ1n) is 10.8. The van der Waals surface area contributed by atoms with Crippen molar-refractivity contribution in [3.8, 4) is 22.9 Å². The van der Waals surface area contributed by atoms with Crippen LogP contribution in [0.2, 0.25) is 0 Å². The Hall–Kier alpha value is -3.21. The zero-order valence-corrected chi connectivity index (χ0v) is 18.8. The largest absolute Gasteiger partial charge is 0.490 e. The van der Waals surface area contributed by atoms with Crippen LogP contribution in [0.5, 0.6) is 11.5 Å². The number of halogens is 3. The number of ether oxygens (including phenoxy) is 2. The summed E-state index contributed by atoms with van der Waals surface area (Å²) < 4.78 is 52.2. The van der Waals surface area contributed by atoms with Crippen LogP contribution >= 0.6 is 11.8 Å². The highest BCUT2D eigenvalue weighted by atomic mass is 32.2. The quantitative estimate of drug-likeness (QED) is 0.479. The minimum absolute atomic E-state index is 0.0117. The maximum atomic E-state index is 12.9. The highest BCUT2D eigenvalue weighted by molar-refractivity contribution is 7.99. The van der Waals surface area contributed by atoms with Crippen LogP contribution in [0.4, 0.5) is 18.9 Å². The summed E-state index contributed by atoms with van der Waals surface area (Å²) in [6, 6.07) is 10.5. The Morgan fingerprint density at radius 2 is 1.88 bits per heavy atom. The van der Waals surface area contributed by atoms with Gasteiger partial charge in [0.05, 0.1) is 24.5 Å². The van der Waals surface area contributed by atoms with E-state index in [-0.39, 0.29) is 17.5 Å². The molecule has 0 saturated heterocycles. The fourth-order valence-corrected chi connectivity index (χ4v) is 4.44. The molecule has 7 nitrogen and oxygen atoms in total. The maximum absolute atomic E-state index is 12.9. The number of nitrogens with zero attached hydrogens (tertiary/aromatic N) is 3. The molecule has 34 heavy (non-hydrogen) atoms. The Bertz CT molecular complexity index is 1210. The lowest BCUT2D eigenvalue weighted by atomic mass is 10.2. The van der Waals surface area contributed by atoms with E-state index in [1.807, 2.05) is 22.8 Å². The molecule has 1 fully saturated rings. The van der Waals surface area contributed by atoms with Crippen LogP contribution in [0.3, 0.4) is 0 Å². The number of hydrogen-bond acceptors (Lipinski definition) is 6. The summed E-state index contributed by atoms with van der Waals surface area (Å²) in [5.74, 6) is 1.60. The third-order valence-corrected chi connectivity index (χ3v) is 6.33. The first-order chi connectivity index (χ1) is 16.4. The van der Waals surface area contributed by atoms with Gasteiger partial charge >= 0.3 is 6.18 Å². The van der Waals surface area contributed by atoms with Crippen molar-refractivity contribution in [3.05, 3.63) is 48.0 Å². The second-order valence-corrected chi connectivity index (χ2v) is 8.98. The number of anilines is 1. The van der Waals surface area contributed by atoms with E-state index >= 15 is 0 Å². The first kappa shape index (κ1) is 22.6. The standard InChI is InChI=1S/C23H21F3N4O3S/c24-23(25,26)15-3-1-4-16(12-15)27-20(31)13-34-22-29-28-21(30(22)17-6-7-17)14-5-8-18-19(11-14)33-10-2-9-32-18/h1,3-5,8,11-12,17H,2,6-7,9-10,13H2,(H,27,31). The smallest absolute Gasteiger partial charge is 0.416 e. The number of carbonyl (C=O) groups excluding carboxylic acids is 1. The average molecular weight is 491 g/mol. The van der Waals surface area contributed by atoms with Gasteiger partial charge in [0.25, 0.3) is 0 Å². The van der Waals surface area contributed by atoms with E-state index in [1.165, 1.54) is 23.9 Å². The summed E-state index contributed by atoms with van der Waals surface area (Å²) in [6.45, 7) is 1.18. The van der Waals surface area contributed by atoms with E-state index in [0.29, 0.717) is 35.7 Å². The lowest BCUT2D eigenvalue weighted by molar-refractivity contribution is -0.137. The van der Waals surface area contributed by atoms with Crippen molar-refractivity contribution in [2.45, 2.75) is 36.6 Å². The van der Waals surface area contributed by atoms with Gasteiger partial charge in [-0.25, -0.2) is 0 Å². The van der Waals surface area contributed by atoms with Gasteiger partial charge in [-0.1, -0.05) is 17.8 Å². The first-order valence-corrected chi connectivity index (χ1v) is 11.8. The Labute approximate surface area is 197 Å². The molecule has 3 aromatic rings. The Morgan fingerprint density at radius 3 is 2.65 bits per heavy atom. The van der Waals surface area contributed by atoms with E-state index in [0.717, 1.165) is 37.0 Å². The van der Waals surface area contributed by atoms with Crippen molar-refractivity contribution < 1.29 is 27.4 Å². The predicted octanol–water partition coefficient (Wildman–Crippen LogP) is 5.19. The number of carbonyl (C=O) groups is 1. The monoisotopic (exact) mass is 490 g/mol. The summed E-state index contributed by atoms with van der Waals surface area (Å²) in [7, 11) is 0. The molecule has 1 amide bonds. The molecule has 0 spiro atoms. The molecule has 1 aliphatic carbocycles. The van der Waals surface area contributed by atoms with E-state index in [2.05, 4.69) is 15.5 Å². The summed E-state index contributed by atoms with van der Waals surface area (Å²) >= 11 is 1.20. The van der Waals surface area contributed by atoms with Gasteiger partial charge in [-0.2, -0.15) is 13.2 Å². The predicted molar refractivity (Wildman–Crippen MR) is 120 cm³/mol.